The summed E-state index contributed by atoms with van der Waals surface area (Å²) in [6, 6.07) is 0. The van der Waals surface area contributed by atoms with Crippen molar-refractivity contribution in [3.63, 3.8) is 0 Å². The molecule has 0 aliphatic carbocycles. The second-order valence-electron chi connectivity index (χ2n) is 0.928. The fraction of sp³-hybridized carbons (Fsp3) is 0.333. The molecule has 2 nitrogen and oxygen atoms in total. The number of hydrogen-bond acceptors (Lipinski definition) is 2. The van der Waals surface area contributed by atoms with Gasteiger partial charge in [0.1, 0.15) is 0 Å². The fourth-order valence-corrected chi connectivity index (χ4v) is 0.295. The van der Waals surface area contributed by atoms with Crippen molar-refractivity contribution in [1.29, 1.82) is 0 Å². The van der Waals surface area contributed by atoms with Gasteiger partial charge in [-0.1, -0.05) is 6.08 Å². The molecule has 0 amide bonds. The molecule has 6 heavy (non-hydrogen) atoms. The summed E-state index contributed by atoms with van der Waals surface area (Å²) in [6.07, 6.45) is 3.89. The van der Waals surface area contributed by atoms with Crippen molar-refractivity contribution >= 4 is 0 Å². The summed E-state index contributed by atoms with van der Waals surface area (Å²) < 4.78 is 0. The molecule has 0 fully saturated rings. The van der Waals surface area contributed by atoms with Gasteiger partial charge in [-0.3, -0.25) is 0 Å². The summed E-state index contributed by atoms with van der Waals surface area (Å²) in [5.41, 5.74) is 5.65. The Morgan fingerprint density at radius 1 is 1.50 bits per heavy atom. The Balaban J connectivity index is 0.000000250. The SMILES string of the molecule is C1=CNNC1.[Ir]. The van der Waals surface area contributed by atoms with E-state index in [1.54, 1.807) is 0 Å². The molecule has 0 spiro atoms. The molecule has 1 aliphatic heterocycles. The third-order valence-electron chi connectivity index (χ3n) is 0.523. The molecule has 1 heterocycles. The van der Waals surface area contributed by atoms with E-state index in [0.717, 1.165) is 6.54 Å². The maximum Gasteiger partial charge on any atom is 0.0345 e. The zero-order chi connectivity index (χ0) is 3.54. The van der Waals surface area contributed by atoms with Crippen LogP contribution in [0.4, 0.5) is 0 Å². The largest absolute Gasteiger partial charge is 0.329 e. The van der Waals surface area contributed by atoms with Gasteiger partial charge in [0.15, 0.2) is 0 Å². The van der Waals surface area contributed by atoms with Crippen LogP contribution in [-0.2, 0) is 20.1 Å². The van der Waals surface area contributed by atoms with Crippen molar-refractivity contribution in [2.45, 2.75) is 0 Å². The van der Waals surface area contributed by atoms with Gasteiger partial charge < -0.3 is 5.43 Å². The first-order chi connectivity index (χ1) is 2.50. The topological polar surface area (TPSA) is 24.1 Å². The molecule has 0 atom stereocenters. The predicted molar refractivity (Wildman–Crippen MR) is 20.3 cm³/mol. The third kappa shape index (κ3) is 1.55. The molecule has 0 aromatic heterocycles. The van der Waals surface area contributed by atoms with Crippen LogP contribution in [0.1, 0.15) is 0 Å². The predicted octanol–water partition coefficient (Wildman–Crippen LogP) is -0.395. The average Bonchev–Trinajstić information content (AvgIpc) is 1.76. The van der Waals surface area contributed by atoms with Crippen molar-refractivity contribution in [2.24, 2.45) is 0 Å². The van der Waals surface area contributed by atoms with Crippen LogP contribution in [0.15, 0.2) is 12.3 Å². The van der Waals surface area contributed by atoms with Crippen LogP contribution in [0.3, 0.4) is 0 Å². The Labute approximate surface area is 50.3 Å². The van der Waals surface area contributed by atoms with Gasteiger partial charge in [-0.05, 0) is 0 Å². The number of hydrazine groups is 1. The molecule has 3 heteroatoms. The molecule has 1 radical (unpaired) electrons. The number of hydrogen-bond donors (Lipinski definition) is 2. The van der Waals surface area contributed by atoms with Crippen molar-refractivity contribution in [3.8, 4) is 0 Å². The molecule has 2 N–H and O–H groups in total. The van der Waals surface area contributed by atoms with Crippen molar-refractivity contribution in [3.05, 3.63) is 12.3 Å². The van der Waals surface area contributed by atoms with Gasteiger partial charge in [0.25, 0.3) is 0 Å². The van der Waals surface area contributed by atoms with E-state index >= 15 is 0 Å². The fourth-order valence-electron chi connectivity index (χ4n) is 0.295. The van der Waals surface area contributed by atoms with E-state index in [1.165, 1.54) is 0 Å². The molecule has 0 aromatic rings. The van der Waals surface area contributed by atoms with Crippen molar-refractivity contribution < 1.29 is 20.1 Å². The van der Waals surface area contributed by atoms with E-state index in [-0.39, 0.29) is 20.1 Å². The minimum atomic E-state index is 0. The van der Waals surface area contributed by atoms with E-state index in [0.29, 0.717) is 0 Å². The van der Waals surface area contributed by atoms with E-state index in [1.807, 2.05) is 12.3 Å². The minimum absolute atomic E-state index is 0. The zero-order valence-corrected chi connectivity index (χ0v) is 5.59. The van der Waals surface area contributed by atoms with Crippen LogP contribution in [-0.4, -0.2) is 6.54 Å². The van der Waals surface area contributed by atoms with Crippen LogP contribution in [0.5, 0.6) is 0 Å². The number of rotatable bonds is 0. The quantitative estimate of drug-likeness (QED) is 0.621. The van der Waals surface area contributed by atoms with Crippen molar-refractivity contribution in [2.75, 3.05) is 6.54 Å². The van der Waals surface area contributed by atoms with Gasteiger partial charge in [0, 0.05) is 32.9 Å². The summed E-state index contributed by atoms with van der Waals surface area (Å²) in [5.74, 6) is 0. The minimum Gasteiger partial charge on any atom is -0.329 e. The van der Waals surface area contributed by atoms with Gasteiger partial charge in [-0.15, -0.1) is 0 Å². The summed E-state index contributed by atoms with van der Waals surface area (Å²) in [6.45, 7) is 0.958. The summed E-state index contributed by atoms with van der Waals surface area (Å²) >= 11 is 0. The van der Waals surface area contributed by atoms with Gasteiger partial charge in [0.05, 0.1) is 0 Å². The Kier molecular flexibility index (Phi) is 3.43. The van der Waals surface area contributed by atoms with E-state index in [4.69, 9.17) is 0 Å². The normalized spacial score (nSPS) is 16.0. The van der Waals surface area contributed by atoms with Crippen LogP contribution in [0.2, 0.25) is 0 Å². The molecule has 1 aliphatic rings. The number of nitrogens with one attached hydrogen (secondary N) is 2. The van der Waals surface area contributed by atoms with Gasteiger partial charge in [-0.25, -0.2) is 5.43 Å². The molecule has 0 aromatic carbocycles. The smallest absolute Gasteiger partial charge is 0.0345 e. The Hall–Kier alpha value is 0.149. The monoisotopic (exact) mass is 263 g/mol. The van der Waals surface area contributed by atoms with Gasteiger partial charge in [0.2, 0.25) is 0 Å². The first kappa shape index (κ1) is 6.15. The summed E-state index contributed by atoms with van der Waals surface area (Å²) in [7, 11) is 0. The maximum atomic E-state index is 2.86. The molecule has 0 saturated carbocycles. The van der Waals surface area contributed by atoms with E-state index in [2.05, 4.69) is 10.9 Å². The van der Waals surface area contributed by atoms with E-state index < -0.39 is 0 Å². The van der Waals surface area contributed by atoms with Crippen molar-refractivity contribution in [1.82, 2.24) is 10.9 Å². The average molecular weight is 262 g/mol. The molecule has 0 unspecified atom stereocenters. The molecule has 1 rings (SSSR count). The van der Waals surface area contributed by atoms with Crippen LogP contribution < -0.4 is 10.9 Å². The first-order valence-electron chi connectivity index (χ1n) is 1.63. The standard InChI is InChI=1S/C3H6N2.Ir/c1-2-4-5-3-1;/h1-2,4-5H,3H2;. The van der Waals surface area contributed by atoms with Gasteiger partial charge in [-0.2, -0.15) is 0 Å². The summed E-state index contributed by atoms with van der Waals surface area (Å²) in [5, 5.41) is 0. The third-order valence-corrected chi connectivity index (χ3v) is 0.523. The van der Waals surface area contributed by atoms with Crippen LogP contribution >= 0.6 is 0 Å². The molecule has 0 saturated heterocycles. The van der Waals surface area contributed by atoms with E-state index in [9.17, 15) is 0 Å². The molecule has 37 valence electrons. The second-order valence-corrected chi connectivity index (χ2v) is 0.928. The van der Waals surface area contributed by atoms with Gasteiger partial charge >= 0.3 is 0 Å². The zero-order valence-electron chi connectivity index (χ0n) is 3.20. The Morgan fingerprint density at radius 3 is 2.50 bits per heavy atom. The first-order valence-corrected chi connectivity index (χ1v) is 1.63. The molecular weight excluding hydrogens is 256 g/mol. The molecular formula is C3H6IrN2. The Morgan fingerprint density at radius 2 is 2.33 bits per heavy atom. The Bertz CT molecular complexity index is 46.8. The van der Waals surface area contributed by atoms with Crippen LogP contribution in [0.25, 0.3) is 0 Å². The summed E-state index contributed by atoms with van der Waals surface area (Å²) in [4.78, 5) is 0. The van der Waals surface area contributed by atoms with Crippen LogP contribution in [0, 0.1) is 0 Å². The molecule has 0 bridgehead atoms. The maximum absolute atomic E-state index is 2.86. The second kappa shape index (κ2) is 3.34.